The average molecular weight is 497 g/mol. The van der Waals surface area contributed by atoms with E-state index in [1.54, 1.807) is 66.7 Å². The first kappa shape index (κ1) is 23.1. The maximum atomic E-state index is 12.8. The van der Waals surface area contributed by atoms with E-state index in [-0.39, 0.29) is 11.8 Å². The highest BCUT2D eigenvalue weighted by Crippen LogP contribution is 2.29. The lowest BCUT2D eigenvalue weighted by molar-refractivity contribution is 0.102. The highest BCUT2D eigenvalue weighted by molar-refractivity contribution is 7.12. The van der Waals surface area contributed by atoms with Crippen molar-refractivity contribution in [2.45, 2.75) is 0 Å². The topological polar surface area (TPSA) is 97.6 Å². The molecular weight excluding hydrogens is 476 g/mol. The molecule has 0 saturated carbocycles. The molecule has 5 rings (SSSR count). The summed E-state index contributed by atoms with van der Waals surface area (Å²) in [5, 5.41) is 8.28. The molecule has 0 aliphatic carbocycles. The van der Waals surface area contributed by atoms with Crippen LogP contribution in [0.1, 0.15) is 20.0 Å². The van der Waals surface area contributed by atoms with Crippen molar-refractivity contribution < 1.29 is 18.7 Å². The van der Waals surface area contributed by atoms with E-state index in [0.29, 0.717) is 44.3 Å². The number of carbonyl (C=O) groups is 2. The molecule has 2 N–H and O–H groups in total. The van der Waals surface area contributed by atoms with Crippen LogP contribution in [0.3, 0.4) is 0 Å². The lowest BCUT2D eigenvalue weighted by atomic mass is 10.0. The summed E-state index contributed by atoms with van der Waals surface area (Å²) in [7, 11) is 1.49. The summed E-state index contributed by atoms with van der Waals surface area (Å²) >= 11 is 1.34. The fraction of sp³-hybridized carbons (Fsp3) is 0.0357. The number of amides is 2. The van der Waals surface area contributed by atoms with Crippen LogP contribution in [0.25, 0.3) is 22.1 Å². The van der Waals surface area contributed by atoms with Gasteiger partial charge in [-0.3, -0.25) is 9.59 Å². The van der Waals surface area contributed by atoms with Crippen LogP contribution in [0.5, 0.6) is 5.75 Å². The number of thiophene rings is 1. The molecule has 5 aromatic rings. The summed E-state index contributed by atoms with van der Waals surface area (Å²) in [6, 6.07) is 24.3. The molecule has 0 aliphatic rings. The van der Waals surface area contributed by atoms with Crippen LogP contribution in [0, 0.1) is 0 Å². The second-order valence-electron chi connectivity index (χ2n) is 7.86. The molecule has 178 valence electrons. The number of carbonyl (C=O) groups excluding carboxylic acids is 2. The van der Waals surface area contributed by atoms with Crippen molar-refractivity contribution in [1.82, 2.24) is 0 Å². The summed E-state index contributed by atoms with van der Waals surface area (Å²) in [5.41, 5.74) is 2.57. The Morgan fingerprint density at radius 1 is 0.861 bits per heavy atom. The van der Waals surface area contributed by atoms with Crippen LogP contribution in [0.2, 0.25) is 0 Å². The Labute approximate surface area is 210 Å². The number of para-hydroxylation sites is 1. The summed E-state index contributed by atoms with van der Waals surface area (Å²) < 4.78 is 10.8. The van der Waals surface area contributed by atoms with E-state index in [2.05, 4.69) is 10.6 Å². The molecule has 0 aliphatic heterocycles. The number of fused-ring (bicyclic) bond motifs is 1. The number of benzene rings is 3. The maximum absolute atomic E-state index is 12.8. The Morgan fingerprint density at radius 2 is 1.67 bits per heavy atom. The van der Waals surface area contributed by atoms with Crippen LogP contribution in [-0.4, -0.2) is 18.9 Å². The quantitative estimate of drug-likeness (QED) is 0.280. The minimum Gasteiger partial charge on any atom is -0.494 e. The summed E-state index contributed by atoms with van der Waals surface area (Å²) in [5.74, 6) is -0.152. The van der Waals surface area contributed by atoms with Crippen LogP contribution >= 0.6 is 11.3 Å². The van der Waals surface area contributed by atoms with Gasteiger partial charge in [-0.05, 0) is 53.4 Å². The highest BCUT2D eigenvalue weighted by atomic mass is 32.1. The van der Waals surface area contributed by atoms with Gasteiger partial charge in [-0.15, -0.1) is 11.3 Å². The zero-order valence-electron chi connectivity index (χ0n) is 19.1. The predicted octanol–water partition coefficient (Wildman–Crippen LogP) is 6.03. The van der Waals surface area contributed by atoms with Crippen molar-refractivity contribution in [3.63, 3.8) is 0 Å². The molecule has 0 bridgehead atoms. The SMILES string of the molecule is COc1cc(NC(=O)c2ccc(-c3cc4ccccc4oc3=O)cc2)ccc1NC(=O)c1cccs1. The van der Waals surface area contributed by atoms with E-state index in [1.165, 1.54) is 18.4 Å². The zero-order valence-corrected chi connectivity index (χ0v) is 19.9. The highest BCUT2D eigenvalue weighted by Gasteiger charge is 2.14. The van der Waals surface area contributed by atoms with E-state index in [1.807, 2.05) is 23.6 Å². The van der Waals surface area contributed by atoms with Gasteiger partial charge in [0.25, 0.3) is 11.8 Å². The molecule has 0 radical (unpaired) electrons. The largest absolute Gasteiger partial charge is 0.494 e. The van der Waals surface area contributed by atoms with E-state index < -0.39 is 5.63 Å². The minimum absolute atomic E-state index is 0.236. The summed E-state index contributed by atoms with van der Waals surface area (Å²) in [6.07, 6.45) is 0. The molecule has 2 heterocycles. The number of nitrogens with one attached hydrogen (secondary N) is 2. The monoisotopic (exact) mass is 496 g/mol. The molecule has 0 fully saturated rings. The number of anilines is 2. The lowest BCUT2D eigenvalue weighted by Crippen LogP contribution is -2.13. The molecule has 36 heavy (non-hydrogen) atoms. The molecule has 2 amide bonds. The predicted molar refractivity (Wildman–Crippen MR) is 141 cm³/mol. The van der Waals surface area contributed by atoms with Gasteiger partial charge in [-0.1, -0.05) is 36.4 Å². The van der Waals surface area contributed by atoms with Crippen LogP contribution < -0.4 is 21.0 Å². The number of hydrogen-bond donors (Lipinski definition) is 2. The molecule has 7 nitrogen and oxygen atoms in total. The number of hydrogen-bond acceptors (Lipinski definition) is 6. The third-order valence-corrected chi connectivity index (χ3v) is 6.42. The first-order valence-electron chi connectivity index (χ1n) is 11.0. The van der Waals surface area contributed by atoms with Crippen molar-refractivity contribution >= 4 is 45.5 Å². The van der Waals surface area contributed by atoms with Gasteiger partial charge in [-0.2, -0.15) is 0 Å². The third-order valence-electron chi connectivity index (χ3n) is 5.55. The van der Waals surface area contributed by atoms with Gasteiger partial charge in [0.2, 0.25) is 0 Å². The Bertz CT molecular complexity index is 1620. The third kappa shape index (κ3) is 4.75. The molecule has 3 aromatic carbocycles. The molecule has 0 saturated heterocycles. The van der Waals surface area contributed by atoms with Gasteiger partial charge >= 0.3 is 5.63 Å². The van der Waals surface area contributed by atoms with E-state index in [4.69, 9.17) is 9.15 Å². The minimum atomic E-state index is -0.441. The van der Waals surface area contributed by atoms with E-state index in [9.17, 15) is 14.4 Å². The molecule has 0 spiro atoms. The van der Waals surface area contributed by atoms with Gasteiger partial charge in [-0.25, -0.2) is 4.79 Å². The summed E-state index contributed by atoms with van der Waals surface area (Å²) in [6.45, 7) is 0. The van der Waals surface area contributed by atoms with Crippen LogP contribution in [-0.2, 0) is 0 Å². The maximum Gasteiger partial charge on any atom is 0.344 e. The van der Waals surface area contributed by atoms with Gasteiger partial charge in [0, 0.05) is 22.7 Å². The lowest BCUT2D eigenvalue weighted by Gasteiger charge is -2.12. The Balaban J connectivity index is 1.32. The Hall–Kier alpha value is -4.69. The van der Waals surface area contributed by atoms with Crippen LogP contribution in [0.4, 0.5) is 11.4 Å². The van der Waals surface area contributed by atoms with Crippen molar-refractivity contribution in [3.05, 3.63) is 111 Å². The molecule has 0 atom stereocenters. The fourth-order valence-electron chi connectivity index (χ4n) is 3.73. The van der Waals surface area contributed by atoms with Gasteiger partial charge in [0.05, 0.1) is 23.2 Å². The second kappa shape index (κ2) is 9.89. The van der Waals surface area contributed by atoms with Crippen molar-refractivity contribution in [3.8, 4) is 16.9 Å². The smallest absolute Gasteiger partial charge is 0.344 e. The Kier molecular flexibility index (Phi) is 6.34. The normalized spacial score (nSPS) is 10.7. The standard InChI is InChI=1S/C28H20N2O5S/c1-34-24-16-20(12-13-22(24)30-27(32)25-7-4-14-36-25)29-26(31)18-10-8-17(9-11-18)21-15-19-5-2-3-6-23(19)35-28(21)33/h2-16H,1H3,(H,29,31)(H,30,32). The first-order chi connectivity index (χ1) is 17.5. The van der Waals surface area contributed by atoms with Crippen LogP contribution in [0.15, 0.2) is 99.5 Å². The fourth-order valence-corrected chi connectivity index (χ4v) is 4.35. The molecule has 2 aromatic heterocycles. The van der Waals surface area contributed by atoms with Crippen molar-refractivity contribution in [1.29, 1.82) is 0 Å². The van der Waals surface area contributed by atoms with Gasteiger partial charge in [0.1, 0.15) is 11.3 Å². The molecule has 0 unspecified atom stereocenters. The van der Waals surface area contributed by atoms with Gasteiger partial charge in [0.15, 0.2) is 0 Å². The number of ether oxygens (including phenoxy) is 1. The molecule has 8 heteroatoms. The summed E-state index contributed by atoms with van der Waals surface area (Å²) in [4.78, 5) is 38.2. The van der Waals surface area contributed by atoms with E-state index in [0.717, 1.165) is 5.39 Å². The van der Waals surface area contributed by atoms with E-state index >= 15 is 0 Å². The Morgan fingerprint density at radius 3 is 2.42 bits per heavy atom. The second-order valence-corrected chi connectivity index (χ2v) is 8.81. The van der Waals surface area contributed by atoms with Crippen molar-refractivity contribution in [2.75, 3.05) is 17.7 Å². The average Bonchev–Trinajstić information content (AvgIpc) is 3.44. The number of rotatable bonds is 6. The number of methoxy groups -OCH3 is 1. The zero-order chi connectivity index (χ0) is 25.1. The first-order valence-corrected chi connectivity index (χ1v) is 11.9. The van der Waals surface area contributed by atoms with Gasteiger partial charge < -0.3 is 19.8 Å². The van der Waals surface area contributed by atoms with Crippen molar-refractivity contribution in [2.24, 2.45) is 0 Å². The molecular formula is C28H20N2O5S.